The highest BCUT2D eigenvalue weighted by Crippen LogP contribution is 2.32. The van der Waals surface area contributed by atoms with Gasteiger partial charge in [0.25, 0.3) is 0 Å². The second kappa shape index (κ2) is 6.43. The molecule has 1 aromatic heterocycles. The first-order valence-electron chi connectivity index (χ1n) is 7.20. The highest BCUT2D eigenvalue weighted by atomic mass is 32.1. The molecule has 5 heteroatoms. The van der Waals surface area contributed by atoms with E-state index in [1.165, 1.54) is 22.5 Å². The molecule has 21 heavy (non-hydrogen) atoms. The fourth-order valence-electron chi connectivity index (χ4n) is 2.03. The van der Waals surface area contributed by atoms with E-state index in [0.29, 0.717) is 6.61 Å². The number of hydrogen-bond acceptors (Lipinski definition) is 5. The van der Waals surface area contributed by atoms with E-state index in [1.807, 2.05) is 13.0 Å². The topological polar surface area (TPSA) is 47.0 Å². The maximum absolute atomic E-state index is 5.98. The third-order valence-corrected chi connectivity index (χ3v) is 3.94. The summed E-state index contributed by atoms with van der Waals surface area (Å²) < 4.78 is 5.98. The lowest BCUT2D eigenvalue weighted by Gasteiger charge is -2.23. The second-order valence-electron chi connectivity index (χ2n) is 6.07. The molecule has 0 aliphatic heterocycles. The lowest BCUT2D eigenvalue weighted by molar-refractivity contribution is 0.296. The molecule has 1 heterocycles. The normalized spacial score (nSPS) is 11.5. The number of nitrogens with one attached hydrogen (secondary N) is 1. The average molecular weight is 305 g/mol. The molecule has 0 unspecified atom stereocenters. The molecule has 0 saturated carbocycles. The van der Waals surface area contributed by atoms with Gasteiger partial charge in [-0.05, 0) is 30.9 Å². The monoisotopic (exact) mass is 305 g/mol. The van der Waals surface area contributed by atoms with Crippen LogP contribution in [0.15, 0.2) is 18.2 Å². The molecule has 0 aliphatic carbocycles. The van der Waals surface area contributed by atoms with E-state index in [2.05, 4.69) is 55.3 Å². The van der Waals surface area contributed by atoms with Crippen LogP contribution in [0.2, 0.25) is 0 Å². The zero-order chi connectivity index (χ0) is 15.5. The molecular weight excluding hydrogens is 282 g/mol. The third kappa shape index (κ3) is 4.17. The van der Waals surface area contributed by atoms with E-state index in [-0.39, 0.29) is 5.41 Å². The van der Waals surface area contributed by atoms with Gasteiger partial charge in [0.05, 0.1) is 0 Å². The van der Waals surface area contributed by atoms with E-state index in [0.717, 1.165) is 22.4 Å². The highest BCUT2D eigenvalue weighted by molar-refractivity contribution is 7.15. The fraction of sp³-hybridized carbons (Fsp3) is 0.500. The van der Waals surface area contributed by atoms with Crippen molar-refractivity contribution >= 4 is 16.5 Å². The molecule has 2 rings (SSSR count). The number of anilines is 1. The van der Waals surface area contributed by atoms with Gasteiger partial charge in [-0.3, -0.25) is 0 Å². The van der Waals surface area contributed by atoms with Crippen LogP contribution in [-0.2, 0) is 12.0 Å². The Hall–Kier alpha value is -1.62. The van der Waals surface area contributed by atoms with Crippen LogP contribution in [0.25, 0.3) is 0 Å². The summed E-state index contributed by atoms with van der Waals surface area (Å²) in [7, 11) is 0. The van der Waals surface area contributed by atoms with E-state index < -0.39 is 0 Å². The van der Waals surface area contributed by atoms with Gasteiger partial charge in [-0.25, -0.2) is 0 Å². The summed E-state index contributed by atoms with van der Waals surface area (Å²) in [6.45, 7) is 12.0. The van der Waals surface area contributed by atoms with Crippen molar-refractivity contribution < 1.29 is 4.74 Å². The van der Waals surface area contributed by atoms with Crippen molar-refractivity contribution in [2.24, 2.45) is 0 Å². The summed E-state index contributed by atoms with van der Waals surface area (Å²) in [5.74, 6) is 0.924. The summed E-state index contributed by atoms with van der Waals surface area (Å²) in [5.41, 5.74) is 2.52. The number of aromatic nitrogens is 2. The molecule has 0 radical (unpaired) electrons. The van der Waals surface area contributed by atoms with Crippen LogP contribution in [0.5, 0.6) is 5.75 Å². The second-order valence-corrected chi connectivity index (χ2v) is 7.13. The van der Waals surface area contributed by atoms with Crippen LogP contribution in [0.1, 0.15) is 43.8 Å². The van der Waals surface area contributed by atoms with Crippen molar-refractivity contribution in [1.82, 2.24) is 10.2 Å². The molecule has 0 bridgehead atoms. The summed E-state index contributed by atoms with van der Waals surface area (Å²) in [6.07, 6.45) is 0. The summed E-state index contributed by atoms with van der Waals surface area (Å²) in [4.78, 5) is 0. The Morgan fingerprint density at radius 2 is 2.00 bits per heavy atom. The van der Waals surface area contributed by atoms with E-state index in [9.17, 15) is 0 Å². The first-order chi connectivity index (χ1) is 9.90. The van der Waals surface area contributed by atoms with Crippen LogP contribution in [-0.4, -0.2) is 16.7 Å². The Morgan fingerprint density at radius 1 is 1.24 bits per heavy atom. The maximum atomic E-state index is 5.98. The molecule has 0 spiro atoms. The van der Waals surface area contributed by atoms with E-state index in [1.54, 1.807) is 0 Å². The van der Waals surface area contributed by atoms with Crippen LogP contribution >= 0.6 is 11.3 Å². The van der Waals surface area contributed by atoms with Crippen molar-refractivity contribution in [3.8, 4) is 5.75 Å². The molecule has 0 atom stereocenters. The molecule has 1 aromatic carbocycles. The largest absolute Gasteiger partial charge is 0.486 e. The highest BCUT2D eigenvalue weighted by Gasteiger charge is 2.19. The van der Waals surface area contributed by atoms with Gasteiger partial charge >= 0.3 is 0 Å². The van der Waals surface area contributed by atoms with Gasteiger partial charge in [-0.15, -0.1) is 10.2 Å². The minimum absolute atomic E-state index is 0.0530. The first kappa shape index (κ1) is 15.8. The number of ether oxygens (including phenoxy) is 1. The maximum Gasteiger partial charge on any atom is 0.205 e. The van der Waals surface area contributed by atoms with Crippen LogP contribution in [0.3, 0.4) is 0 Å². The Labute approximate surface area is 130 Å². The number of benzene rings is 1. The summed E-state index contributed by atoms with van der Waals surface area (Å²) in [6, 6.07) is 6.32. The number of aryl methyl sites for hydroxylation is 1. The fourth-order valence-corrected chi connectivity index (χ4v) is 2.75. The Balaban J connectivity index is 2.12. The van der Waals surface area contributed by atoms with Gasteiger partial charge in [0.15, 0.2) is 5.01 Å². The van der Waals surface area contributed by atoms with Crippen LogP contribution in [0, 0.1) is 6.92 Å². The van der Waals surface area contributed by atoms with Crippen molar-refractivity contribution in [2.45, 2.75) is 46.6 Å². The Morgan fingerprint density at radius 3 is 2.67 bits per heavy atom. The molecule has 2 aromatic rings. The molecular formula is C16H23N3OS. The van der Waals surface area contributed by atoms with Gasteiger partial charge in [-0.1, -0.05) is 49.8 Å². The van der Waals surface area contributed by atoms with Gasteiger partial charge in [0.1, 0.15) is 12.4 Å². The van der Waals surface area contributed by atoms with Crippen molar-refractivity contribution in [3.63, 3.8) is 0 Å². The number of hydrogen-bond donors (Lipinski definition) is 1. The van der Waals surface area contributed by atoms with Crippen LogP contribution in [0.4, 0.5) is 5.13 Å². The van der Waals surface area contributed by atoms with Gasteiger partial charge in [-0.2, -0.15) is 0 Å². The Bertz CT molecular complexity index is 602. The molecule has 0 aliphatic rings. The first-order valence-corrected chi connectivity index (χ1v) is 8.02. The summed E-state index contributed by atoms with van der Waals surface area (Å²) >= 11 is 1.53. The Kier molecular flexibility index (Phi) is 4.83. The minimum Gasteiger partial charge on any atom is -0.486 e. The predicted octanol–water partition coefficient (Wildman–Crippen LogP) is 4.15. The van der Waals surface area contributed by atoms with Gasteiger partial charge in [0.2, 0.25) is 5.13 Å². The molecule has 0 fully saturated rings. The quantitative estimate of drug-likeness (QED) is 0.901. The third-order valence-electron chi connectivity index (χ3n) is 3.09. The molecule has 4 nitrogen and oxygen atoms in total. The van der Waals surface area contributed by atoms with Crippen molar-refractivity contribution in [1.29, 1.82) is 0 Å². The van der Waals surface area contributed by atoms with Gasteiger partial charge in [0, 0.05) is 6.54 Å². The van der Waals surface area contributed by atoms with Crippen molar-refractivity contribution in [3.05, 3.63) is 34.3 Å². The zero-order valence-corrected chi connectivity index (χ0v) is 14.2. The van der Waals surface area contributed by atoms with Crippen LogP contribution < -0.4 is 10.1 Å². The SMILES string of the molecule is CCNc1nnc(COc2ccc(C)cc2C(C)(C)C)s1. The molecule has 114 valence electrons. The molecule has 0 saturated heterocycles. The molecule has 1 N–H and O–H groups in total. The minimum atomic E-state index is 0.0530. The van der Waals surface area contributed by atoms with E-state index in [4.69, 9.17) is 4.74 Å². The van der Waals surface area contributed by atoms with E-state index >= 15 is 0 Å². The predicted molar refractivity (Wildman–Crippen MR) is 88.3 cm³/mol. The van der Waals surface area contributed by atoms with Crippen molar-refractivity contribution in [2.75, 3.05) is 11.9 Å². The summed E-state index contributed by atoms with van der Waals surface area (Å²) in [5, 5.41) is 13.1. The lowest BCUT2D eigenvalue weighted by atomic mass is 9.85. The molecule has 0 amide bonds. The number of rotatable bonds is 5. The smallest absolute Gasteiger partial charge is 0.205 e. The standard InChI is InChI=1S/C16H23N3OS/c1-6-17-15-19-18-14(21-15)10-20-13-8-7-11(2)9-12(13)16(3,4)5/h7-9H,6,10H2,1-5H3,(H,17,19). The van der Waals surface area contributed by atoms with Gasteiger partial charge < -0.3 is 10.1 Å². The number of nitrogens with zero attached hydrogens (tertiary/aromatic N) is 2. The zero-order valence-electron chi connectivity index (χ0n) is 13.4. The average Bonchev–Trinajstić information content (AvgIpc) is 2.84. The lowest BCUT2D eigenvalue weighted by Crippen LogP contribution is -2.13.